The second-order valence-electron chi connectivity index (χ2n) is 6.71. The minimum absolute atomic E-state index is 0.761. The molecule has 1 N–H and O–H groups in total. The number of rotatable bonds is 9. The number of hydrogen-bond acceptors (Lipinski definition) is 6. The van der Waals surface area contributed by atoms with E-state index < -0.39 is 0 Å². The molecule has 0 aliphatic carbocycles. The molecule has 6 heteroatoms. The summed E-state index contributed by atoms with van der Waals surface area (Å²) >= 11 is 0. The van der Waals surface area contributed by atoms with Crippen molar-refractivity contribution in [1.29, 1.82) is 0 Å². The molecule has 0 bridgehead atoms. The van der Waals surface area contributed by atoms with Gasteiger partial charge in [-0.3, -0.25) is 4.98 Å². The van der Waals surface area contributed by atoms with E-state index in [0.29, 0.717) is 0 Å². The highest BCUT2D eigenvalue weighted by Crippen LogP contribution is 2.16. The van der Waals surface area contributed by atoms with E-state index in [1.807, 2.05) is 49.6 Å². The molecule has 6 nitrogen and oxygen atoms in total. The number of anilines is 2. The largest absolute Gasteiger partial charge is 0.497 e. The van der Waals surface area contributed by atoms with Gasteiger partial charge in [0, 0.05) is 38.6 Å². The molecule has 0 saturated carbocycles. The van der Waals surface area contributed by atoms with Gasteiger partial charge in [-0.25, -0.2) is 9.97 Å². The predicted molar refractivity (Wildman–Crippen MR) is 113 cm³/mol. The third kappa shape index (κ3) is 5.67. The Hall–Kier alpha value is -3.15. The minimum atomic E-state index is 0.761. The Morgan fingerprint density at radius 3 is 2.61 bits per heavy atom. The summed E-state index contributed by atoms with van der Waals surface area (Å²) in [6.45, 7) is 3.60. The lowest BCUT2D eigenvalue weighted by Crippen LogP contribution is -2.22. The van der Waals surface area contributed by atoms with Gasteiger partial charge >= 0.3 is 0 Å². The van der Waals surface area contributed by atoms with Gasteiger partial charge < -0.3 is 15.0 Å². The maximum absolute atomic E-state index is 5.28. The quantitative estimate of drug-likeness (QED) is 0.616. The smallest absolute Gasteiger partial charge is 0.134 e. The highest BCUT2D eigenvalue weighted by atomic mass is 16.5. The van der Waals surface area contributed by atoms with Gasteiger partial charge in [0.1, 0.15) is 23.2 Å². The van der Waals surface area contributed by atoms with E-state index in [1.165, 1.54) is 11.1 Å². The normalized spacial score (nSPS) is 10.5. The Morgan fingerprint density at radius 1 is 1.00 bits per heavy atom. The van der Waals surface area contributed by atoms with Gasteiger partial charge in [0.25, 0.3) is 0 Å². The van der Waals surface area contributed by atoms with Crippen molar-refractivity contribution in [2.24, 2.45) is 0 Å². The van der Waals surface area contributed by atoms with Crippen molar-refractivity contribution < 1.29 is 4.74 Å². The summed E-state index contributed by atoms with van der Waals surface area (Å²) in [6.07, 6.45) is 5.50. The first kappa shape index (κ1) is 19.6. The zero-order valence-electron chi connectivity index (χ0n) is 16.7. The van der Waals surface area contributed by atoms with Gasteiger partial charge in [0.05, 0.1) is 7.11 Å². The predicted octanol–water partition coefficient (Wildman–Crippen LogP) is 3.52. The van der Waals surface area contributed by atoms with Crippen LogP contribution in [0.25, 0.3) is 0 Å². The monoisotopic (exact) mass is 377 g/mol. The number of aryl methyl sites for hydroxylation is 1. The molecule has 2 aromatic heterocycles. The number of pyridine rings is 1. The maximum Gasteiger partial charge on any atom is 0.134 e. The van der Waals surface area contributed by atoms with Crippen molar-refractivity contribution >= 4 is 11.6 Å². The van der Waals surface area contributed by atoms with Crippen LogP contribution in [0.3, 0.4) is 0 Å². The molecule has 0 unspecified atom stereocenters. The molecule has 28 heavy (non-hydrogen) atoms. The number of likely N-dealkylation sites (N-methyl/N-ethyl adjacent to an activating group) is 1. The first-order chi connectivity index (χ1) is 13.6. The van der Waals surface area contributed by atoms with Crippen molar-refractivity contribution in [2.75, 3.05) is 37.5 Å². The van der Waals surface area contributed by atoms with E-state index in [1.54, 1.807) is 7.11 Å². The molecule has 0 saturated heterocycles. The lowest BCUT2D eigenvalue weighted by molar-refractivity contribution is 0.414. The summed E-state index contributed by atoms with van der Waals surface area (Å²) in [4.78, 5) is 15.3. The summed E-state index contributed by atoms with van der Waals surface area (Å²) in [7, 11) is 3.75. The van der Waals surface area contributed by atoms with Crippen LogP contribution in [0.4, 0.5) is 11.6 Å². The minimum Gasteiger partial charge on any atom is -0.497 e. The van der Waals surface area contributed by atoms with E-state index in [-0.39, 0.29) is 0 Å². The molecule has 3 rings (SSSR count). The fraction of sp³-hybridized carbons (Fsp3) is 0.318. The van der Waals surface area contributed by atoms with E-state index in [9.17, 15) is 0 Å². The summed E-state index contributed by atoms with van der Waals surface area (Å²) in [6, 6.07) is 14.2. The Labute approximate surface area is 166 Å². The number of nitrogens with zero attached hydrogens (tertiary/aromatic N) is 4. The van der Waals surface area contributed by atoms with Crippen molar-refractivity contribution in [1.82, 2.24) is 15.0 Å². The molecule has 0 atom stereocenters. The van der Waals surface area contributed by atoms with Crippen LogP contribution in [-0.4, -0.2) is 42.2 Å². The van der Waals surface area contributed by atoms with Gasteiger partial charge in [-0.1, -0.05) is 12.1 Å². The number of nitrogens with one attached hydrogen (secondary N) is 1. The number of hydrogen-bond donors (Lipinski definition) is 1. The van der Waals surface area contributed by atoms with Crippen molar-refractivity contribution in [3.8, 4) is 5.75 Å². The first-order valence-corrected chi connectivity index (χ1v) is 9.46. The average molecular weight is 377 g/mol. The van der Waals surface area contributed by atoms with Gasteiger partial charge in [0.15, 0.2) is 0 Å². The Kier molecular flexibility index (Phi) is 6.78. The fourth-order valence-electron chi connectivity index (χ4n) is 2.96. The van der Waals surface area contributed by atoms with Crippen LogP contribution in [0.15, 0.2) is 54.9 Å². The maximum atomic E-state index is 5.28. The summed E-state index contributed by atoms with van der Waals surface area (Å²) in [5.41, 5.74) is 2.50. The third-order valence-electron chi connectivity index (χ3n) is 4.55. The van der Waals surface area contributed by atoms with Crippen LogP contribution in [0.1, 0.15) is 17.0 Å². The van der Waals surface area contributed by atoms with Crippen LogP contribution in [0, 0.1) is 6.92 Å². The van der Waals surface area contributed by atoms with Crippen molar-refractivity contribution in [2.45, 2.75) is 19.8 Å². The van der Waals surface area contributed by atoms with E-state index in [2.05, 4.69) is 44.3 Å². The molecular formula is C22H27N5O. The molecule has 0 aliphatic rings. The Bertz CT molecular complexity index is 885. The van der Waals surface area contributed by atoms with E-state index in [0.717, 1.165) is 49.1 Å². The fourth-order valence-corrected chi connectivity index (χ4v) is 2.96. The number of ether oxygens (including phenoxy) is 1. The van der Waals surface area contributed by atoms with Crippen LogP contribution < -0.4 is 15.0 Å². The Balaban J connectivity index is 1.57. The topological polar surface area (TPSA) is 63.2 Å². The van der Waals surface area contributed by atoms with Crippen LogP contribution in [0.2, 0.25) is 0 Å². The SMILES string of the molecule is COc1cccc(CCNc2cc(N(C)CCc3ccncc3)nc(C)n2)c1. The van der Waals surface area contributed by atoms with Gasteiger partial charge in [-0.15, -0.1) is 0 Å². The third-order valence-corrected chi connectivity index (χ3v) is 4.55. The molecule has 3 aromatic rings. The number of benzene rings is 1. The van der Waals surface area contributed by atoms with E-state index >= 15 is 0 Å². The van der Waals surface area contributed by atoms with E-state index in [4.69, 9.17) is 4.74 Å². The molecule has 0 amide bonds. The first-order valence-electron chi connectivity index (χ1n) is 9.46. The molecule has 0 aliphatic heterocycles. The molecule has 1 aromatic carbocycles. The standard InChI is InChI=1S/C22H27N5O/c1-17-25-21(24-13-9-19-5-4-6-20(15-19)28-3)16-22(26-17)27(2)14-10-18-7-11-23-12-8-18/h4-8,11-12,15-16H,9-10,13-14H2,1-3H3,(H,24,25,26). The zero-order valence-corrected chi connectivity index (χ0v) is 16.7. The molecule has 0 fully saturated rings. The second-order valence-corrected chi connectivity index (χ2v) is 6.71. The van der Waals surface area contributed by atoms with Gasteiger partial charge in [-0.2, -0.15) is 0 Å². The van der Waals surface area contributed by atoms with Crippen LogP contribution >= 0.6 is 0 Å². The summed E-state index contributed by atoms with van der Waals surface area (Å²) < 4.78 is 5.28. The molecular weight excluding hydrogens is 350 g/mol. The van der Waals surface area contributed by atoms with Crippen molar-refractivity contribution in [3.63, 3.8) is 0 Å². The van der Waals surface area contributed by atoms with Crippen molar-refractivity contribution in [3.05, 3.63) is 71.8 Å². The average Bonchev–Trinajstić information content (AvgIpc) is 2.72. The summed E-state index contributed by atoms with van der Waals surface area (Å²) in [5, 5.41) is 3.41. The van der Waals surface area contributed by atoms with Gasteiger partial charge in [-0.05, 0) is 55.2 Å². The summed E-state index contributed by atoms with van der Waals surface area (Å²) in [5.74, 6) is 3.41. The highest BCUT2D eigenvalue weighted by Gasteiger charge is 2.07. The van der Waals surface area contributed by atoms with Crippen LogP contribution in [-0.2, 0) is 12.8 Å². The zero-order chi connectivity index (χ0) is 19.8. The number of methoxy groups -OCH3 is 1. The Morgan fingerprint density at radius 2 is 1.82 bits per heavy atom. The lowest BCUT2D eigenvalue weighted by atomic mass is 10.1. The number of aromatic nitrogens is 3. The molecule has 0 radical (unpaired) electrons. The molecule has 0 spiro atoms. The second kappa shape index (κ2) is 9.69. The lowest BCUT2D eigenvalue weighted by Gasteiger charge is -2.19. The molecule has 146 valence electrons. The van der Waals surface area contributed by atoms with Crippen LogP contribution in [0.5, 0.6) is 5.75 Å². The molecule has 2 heterocycles. The highest BCUT2D eigenvalue weighted by molar-refractivity contribution is 5.49. The van der Waals surface area contributed by atoms with Gasteiger partial charge in [0.2, 0.25) is 0 Å².